The molecule has 0 saturated heterocycles. The molecule has 5 heteroatoms. The molecule has 0 atom stereocenters. The van der Waals surface area contributed by atoms with Crippen molar-refractivity contribution in [3.63, 3.8) is 0 Å². The molecule has 0 spiro atoms. The molecule has 1 amide bonds. The zero-order valence-corrected chi connectivity index (χ0v) is 13.8. The third-order valence-electron chi connectivity index (χ3n) is 3.83. The number of carbonyl (C=O) groups is 1. The highest BCUT2D eigenvalue weighted by atomic mass is 79.9. The van der Waals surface area contributed by atoms with Gasteiger partial charge in [-0.1, -0.05) is 28.1 Å². The Labute approximate surface area is 134 Å². The summed E-state index contributed by atoms with van der Waals surface area (Å²) in [6.07, 6.45) is 3.57. The fraction of sp³-hybridized carbons (Fsp3) is 0.500. The second-order valence-corrected chi connectivity index (χ2v) is 6.66. The molecule has 4 nitrogen and oxygen atoms in total. The van der Waals surface area contributed by atoms with Crippen LogP contribution in [0.2, 0.25) is 0 Å². The SMILES string of the molecule is CN(CC(=O)NC1(C#N)CCCC1)Cc1ccc(Br)cc1. The van der Waals surface area contributed by atoms with Crippen LogP contribution >= 0.6 is 15.9 Å². The van der Waals surface area contributed by atoms with Crippen LogP contribution in [-0.4, -0.2) is 29.9 Å². The van der Waals surface area contributed by atoms with E-state index in [9.17, 15) is 10.1 Å². The molecule has 21 heavy (non-hydrogen) atoms. The van der Waals surface area contributed by atoms with Crippen molar-refractivity contribution in [2.24, 2.45) is 0 Å². The summed E-state index contributed by atoms with van der Waals surface area (Å²) in [5, 5.41) is 12.2. The van der Waals surface area contributed by atoms with Crippen LogP contribution in [0.1, 0.15) is 31.2 Å². The molecule has 1 aromatic carbocycles. The van der Waals surface area contributed by atoms with Gasteiger partial charge in [-0.15, -0.1) is 0 Å². The van der Waals surface area contributed by atoms with Crippen molar-refractivity contribution in [3.05, 3.63) is 34.3 Å². The Morgan fingerprint density at radius 1 is 1.38 bits per heavy atom. The fourth-order valence-corrected chi connectivity index (χ4v) is 3.02. The number of halogens is 1. The van der Waals surface area contributed by atoms with Crippen LogP contribution < -0.4 is 5.32 Å². The molecule has 0 heterocycles. The van der Waals surface area contributed by atoms with Gasteiger partial charge in [0, 0.05) is 11.0 Å². The van der Waals surface area contributed by atoms with Crippen LogP contribution in [0.4, 0.5) is 0 Å². The Bertz CT molecular complexity index is 529. The minimum Gasteiger partial charge on any atom is -0.337 e. The Kier molecular flexibility index (Phi) is 5.38. The van der Waals surface area contributed by atoms with Crippen molar-refractivity contribution in [2.45, 2.75) is 37.8 Å². The summed E-state index contributed by atoms with van der Waals surface area (Å²) in [6.45, 7) is 1.01. The van der Waals surface area contributed by atoms with Gasteiger partial charge >= 0.3 is 0 Å². The predicted molar refractivity (Wildman–Crippen MR) is 85.4 cm³/mol. The summed E-state index contributed by atoms with van der Waals surface area (Å²) < 4.78 is 1.05. The number of benzene rings is 1. The third kappa shape index (κ3) is 4.55. The van der Waals surface area contributed by atoms with Gasteiger partial charge in [-0.3, -0.25) is 9.69 Å². The highest BCUT2D eigenvalue weighted by Gasteiger charge is 2.35. The summed E-state index contributed by atoms with van der Waals surface area (Å²) in [5.74, 6) is -0.0712. The first kappa shape index (κ1) is 16.0. The van der Waals surface area contributed by atoms with Gasteiger partial charge in [0.05, 0.1) is 12.6 Å². The Morgan fingerprint density at radius 3 is 2.57 bits per heavy atom. The molecular formula is C16H20BrN3O. The molecule has 2 rings (SSSR count). The van der Waals surface area contributed by atoms with Crippen LogP contribution in [0.15, 0.2) is 28.7 Å². The van der Waals surface area contributed by atoms with E-state index in [0.29, 0.717) is 13.1 Å². The minimum absolute atomic E-state index is 0.0712. The zero-order valence-electron chi connectivity index (χ0n) is 12.2. The first-order valence-corrected chi connectivity index (χ1v) is 7.97. The van der Waals surface area contributed by atoms with Crippen LogP contribution in [0.5, 0.6) is 0 Å². The maximum absolute atomic E-state index is 12.1. The number of nitriles is 1. The van der Waals surface area contributed by atoms with E-state index < -0.39 is 5.54 Å². The number of likely N-dealkylation sites (N-methyl/N-ethyl adjacent to an activating group) is 1. The molecule has 0 aliphatic heterocycles. The largest absolute Gasteiger partial charge is 0.337 e. The van der Waals surface area contributed by atoms with Crippen molar-refractivity contribution in [1.82, 2.24) is 10.2 Å². The predicted octanol–water partition coefficient (Wildman–Crippen LogP) is 2.83. The fourth-order valence-electron chi connectivity index (χ4n) is 2.75. The van der Waals surface area contributed by atoms with E-state index >= 15 is 0 Å². The number of rotatable bonds is 5. The molecule has 1 aromatic rings. The maximum Gasteiger partial charge on any atom is 0.235 e. The highest BCUT2D eigenvalue weighted by molar-refractivity contribution is 9.10. The second-order valence-electron chi connectivity index (χ2n) is 5.75. The van der Waals surface area contributed by atoms with Crippen LogP contribution in [0.3, 0.4) is 0 Å². The summed E-state index contributed by atoms with van der Waals surface area (Å²) in [6, 6.07) is 10.3. The zero-order chi connectivity index (χ0) is 15.3. The summed E-state index contributed by atoms with van der Waals surface area (Å²) in [5.41, 5.74) is 0.527. The van der Waals surface area contributed by atoms with Crippen molar-refractivity contribution in [2.75, 3.05) is 13.6 Å². The molecule has 1 fully saturated rings. The Morgan fingerprint density at radius 2 is 2.00 bits per heavy atom. The summed E-state index contributed by atoms with van der Waals surface area (Å²) in [7, 11) is 1.91. The molecule has 0 unspecified atom stereocenters. The quantitative estimate of drug-likeness (QED) is 0.889. The van der Waals surface area contributed by atoms with Gasteiger partial charge in [0.2, 0.25) is 5.91 Å². The van der Waals surface area contributed by atoms with E-state index in [1.54, 1.807) is 0 Å². The van der Waals surface area contributed by atoms with Crippen molar-refractivity contribution in [3.8, 4) is 6.07 Å². The monoisotopic (exact) mass is 349 g/mol. The molecular weight excluding hydrogens is 330 g/mol. The number of amides is 1. The molecule has 0 radical (unpaired) electrons. The molecule has 112 valence electrons. The third-order valence-corrected chi connectivity index (χ3v) is 4.36. The maximum atomic E-state index is 12.1. The van der Waals surface area contributed by atoms with Crippen molar-refractivity contribution >= 4 is 21.8 Å². The average molecular weight is 350 g/mol. The average Bonchev–Trinajstić information content (AvgIpc) is 2.90. The highest BCUT2D eigenvalue weighted by Crippen LogP contribution is 2.28. The molecule has 0 bridgehead atoms. The number of nitrogens with one attached hydrogen (secondary N) is 1. The molecule has 1 aliphatic rings. The topological polar surface area (TPSA) is 56.1 Å². The van der Waals surface area contributed by atoms with E-state index in [-0.39, 0.29) is 5.91 Å². The van der Waals surface area contributed by atoms with Crippen molar-refractivity contribution < 1.29 is 4.79 Å². The summed E-state index contributed by atoms with van der Waals surface area (Å²) in [4.78, 5) is 14.1. The number of hydrogen-bond donors (Lipinski definition) is 1. The van der Waals surface area contributed by atoms with Gasteiger partial charge in [0.15, 0.2) is 0 Å². The van der Waals surface area contributed by atoms with Gasteiger partial charge in [0.1, 0.15) is 5.54 Å². The number of hydrogen-bond acceptors (Lipinski definition) is 3. The van der Waals surface area contributed by atoms with Gasteiger partial charge in [0.25, 0.3) is 0 Å². The molecule has 0 aromatic heterocycles. The minimum atomic E-state index is -0.629. The molecule has 1 saturated carbocycles. The Balaban J connectivity index is 1.84. The molecule has 1 aliphatic carbocycles. The lowest BCUT2D eigenvalue weighted by molar-refractivity contribution is -0.123. The van der Waals surface area contributed by atoms with E-state index in [1.807, 2.05) is 36.2 Å². The summed E-state index contributed by atoms with van der Waals surface area (Å²) >= 11 is 3.41. The van der Waals surface area contributed by atoms with E-state index in [0.717, 1.165) is 35.7 Å². The van der Waals surface area contributed by atoms with Crippen LogP contribution in [0, 0.1) is 11.3 Å². The smallest absolute Gasteiger partial charge is 0.235 e. The lowest BCUT2D eigenvalue weighted by Crippen LogP contribution is -2.48. The lowest BCUT2D eigenvalue weighted by Gasteiger charge is -2.24. The lowest BCUT2D eigenvalue weighted by atomic mass is 10.00. The van der Waals surface area contributed by atoms with Gasteiger partial charge in [-0.25, -0.2) is 0 Å². The van der Waals surface area contributed by atoms with Gasteiger partial charge in [-0.2, -0.15) is 5.26 Å². The van der Waals surface area contributed by atoms with E-state index in [1.165, 1.54) is 0 Å². The Hall–Kier alpha value is -1.38. The van der Waals surface area contributed by atoms with Crippen LogP contribution in [-0.2, 0) is 11.3 Å². The number of carbonyl (C=O) groups excluding carboxylic acids is 1. The van der Waals surface area contributed by atoms with E-state index in [4.69, 9.17) is 0 Å². The normalized spacial score (nSPS) is 16.7. The van der Waals surface area contributed by atoms with Gasteiger partial charge in [-0.05, 0) is 50.4 Å². The number of nitrogens with zero attached hydrogens (tertiary/aromatic N) is 2. The first-order valence-electron chi connectivity index (χ1n) is 7.18. The van der Waals surface area contributed by atoms with Gasteiger partial charge < -0.3 is 5.32 Å². The standard InChI is InChI=1S/C16H20BrN3O/c1-20(10-13-4-6-14(17)7-5-13)11-15(21)19-16(12-18)8-2-3-9-16/h4-7H,2-3,8-11H2,1H3,(H,19,21). The molecule has 1 N–H and O–H groups in total. The van der Waals surface area contributed by atoms with Crippen LogP contribution in [0.25, 0.3) is 0 Å². The second kappa shape index (κ2) is 7.06. The first-order chi connectivity index (χ1) is 10.0. The van der Waals surface area contributed by atoms with Crippen molar-refractivity contribution in [1.29, 1.82) is 5.26 Å². The van der Waals surface area contributed by atoms with E-state index in [2.05, 4.69) is 27.3 Å².